The maximum absolute atomic E-state index is 12.2. The molecule has 0 fully saturated rings. The summed E-state index contributed by atoms with van der Waals surface area (Å²) in [4.78, 5) is 35.7. The van der Waals surface area contributed by atoms with Gasteiger partial charge >= 0.3 is 12.0 Å². The zero-order valence-electron chi connectivity index (χ0n) is 12.2. The third-order valence-electron chi connectivity index (χ3n) is 2.95. The van der Waals surface area contributed by atoms with Crippen molar-refractivity contribution in [2.75, 3.05) is 11.9 Å². The van der Waals surface area contributed by atoms with Crippen LogP contribution < -0.4 is 11.1 Å². The smallest absolute Gasteiger partial charge is 0.337 e. The summed E-state index contributed by atoms with van der Waals surface area (Å²) in [6.45, 7) is 4.92. The highest BCUT2D eigenvalue weighted by molar-refractivity contribution is 6.01. The van der Waals surface area contributed by atoms with Gasteiger partial charge in [0.25, 0.3) is 0 Å². The number of benzene rings is 1. The average Bonchev–Trinajstić information content (AvgIpc) is 2.37. The Bertz CT molecular complexity index is 569. The number of aromatic carboxylic acids is 1. The Kier molecular flexibility index (Phi) is 5.29. The number of aryl methyl sites for hydroxylation is 1. The number of carboxylic acids is 1. The van der Waals surface area contributed by atoms with E-state index in [1.807, 2.05) is 0 Å². The summed E-state index contributed by atoms with van der Waals surface area (Å²) < 4.78 is 0. The molecule has 0 radical (unpaired) electrons. The summed E-state index contributed by atoms with van der Waals surface area (Å²) in [5.41, 5.74) is 5.94. The molecule has 0 saturated heterocycles. The number of hydrogen-bond donors (Lipinski definition) is 3. The Hall–Kier alpha value is -2.57. The van der Waals surface area contributed by atoms with Crippen molar-refractivity contribution in [1.29, 1.82) is 0 Å². The van der Waals surface area contributed by atoms with E-state index < -0.39 is 17.9 Å². The highest BCUT2D eigenvalue weighted by atomic mass is 16.4. The number of rotatable bonds is 5. The molecule has 0 aliphatic carbocycles. The van der Waals surface area contributed by atoms with Crippen LogP contribution in [0.2, 0.25) is 0 Å². The predicted molar refractivity (Wildman–Crippen MR) is 78.2 cm³/mol. The van der Waals surface area contributed by atoms with E-state index in [1.165, 1.54) is 11.0 Å². The number of hydrogen-bond acceptors (Lipinski definition) is 3. The number of carboxylic acid groups (broad SMARTS) is 1. The molecule has 7 nitrogen and oxygen atoms in total. The van der Waals surface area contributed by atoms with Gasteiger partial charge < -0.3 is 21.1 Å². The lowest BCUT2D eigenvalue weighted by molar-refractivity contribution is -0.118. The standard InChI is InChI=1S/C14H19N3O4/c1-8(2)17(7-11(15)18)14(21)16-12-9(3)5-4-6-10(12)13(19)20/h4-6,8H,7H2,1-3H3,(H2,15,18)(H,16,21)(H,19,20). The summed E-state index contributed by atoms with van der Waals surface area (Å²) in [6.07, 6.45) is 0. The third-order valence-corrected chi connectivity index (χ3v) is 2.95. The molecular formula is C14H19N3O4. The first kappa shape index (κ1) is 16.5. The molecule has 0 heterocycles. The molecule has 0 saturated carbocycles. The number of carbonyl (C=O) groups excluding carboxylic acids is 2. The Morgan fingerprint density at radius 3 is 2.43 bits per heavy atom. The molecule has 0 aliphatic heterocycles. The van der Waals surface area contributed by atoms with Crippen LogP contribution in [-0.4, -0.2) is 40.5 Å². The molecule has 3 amide bonds. The van der Waals surface area contributed by atoms with Crippen molar-refractivity contribution >= 4 is 23.6 Å². The lowest BCUT2D eigenvalue weighted by Crippen LogP contribution is -2.45. The van der Waals surface area contributed by atoms with Gasteiger partial charge in [-0.25, -0.2) is 9.59 Å². The largest absolute Gasteiger partial charge is 0.478 e. The molecule has 1 aromatic carbocycles. The number of carbonyl (C=O) groups is 3. The molecule has 7 heteroatoms. The minimum Gasteiger partial charge on any atom is -0.478 e. The van der Waals surface area contributed by atoms with Crippen LogP contribution in [0.3, 0.4) is 0 Å². The van der Waals surface area contributed by atoms with E-state index in [-0.39, 0.29) is 23.8 Å². The highest BCUT2D eigenvalue weighted by Gasteiger charge is 2.21. The van der Waals surface area contributed by atoms with Gasteiger partial charge in [-0.05, 0) is 32.4 Å². The number of anilines is 1. The van der Waals surface area contributed by atoms with E-state index in [2.05, 4.69) is 5.32 Å². The van der Waals surface area contributed by atoms with Crippen LogP contribution in [0.5, 0.6) is 0 Å². The molecule has 0 spiro atoms. The summed E-state index contributed by atoms with van der Waals surface area (Å²) in [5, 5.41) is 11.7. The Labute approximate surface area is 122 Å². The van der Waals surface area contributed by atoms with Crippen molar-refractivity contribution < 1.29 is 19.5 Å². The third kappa shape index (κ3) is 4.20. The molecule has 0 unspecified atom stereocenters. The van der Waals surface area contributed by atoms with Gasteiger partial charge in [0.15, 0.2) is 0 Å². The Morgan fingerprint density at radius 1 is 1.33 bits per heavy atom. The van der Waals surface area contributed by atoms with Crippen LogP contribution in [0.15, 0.2) is 18.2 Å². The fraction of sp³-hybridized carbons (Fsp3) is 0.357. The number of primary amides is 1. The first-order chi connectivity index (χ1) is 9.73. The van der Waals surface area contributed by atoms with Crippen molar-refractivity contribution in [1.82, 2.24) is 4.90 Å². The first-order valence-corrected chi connectivity index (χ1v) is 6.42. The van der Waals surface area contributed by atoms with Crippen molar-refractivity contribution in [3.63, 3.8) is 0 Å². The van der Waals surface area contributed by atoms with Crippen LogP contribution in [-0.2, 0) is 4.79 Å². The summed E-state index contributed by atoms with van der Waals surface area (Å²) >= 11 is 0. The van der Waals surface area contributed by atoms with Gasteiger partial charge in [0, 0.05) is 6.04 Å². The van der Waals surface area contributed by atoms with Gasteiger partial charge in [0.05, 0.1) is 11.3 Å². The quantitative estimate of drug-likeness (QED) is 0.762. The van der Waals surface area contributed by atoms with E-state index >= 15 is 0 Å². The van der Waals surface area contributed by atoms with Crippen LogP contribution in [0.4, 0.5) is 10.5 Å². The van der Waals surface area contributed by atoms with E-state index in [0.29, 0.717) is 5.56 Å². The fourth-order valence-electron chi connectivity index (χ4n) is 1.85. The second-order valence-electron chi connectivity index (χ2n) is 4.92. The van der Waals surface area contributed by atoms with Crippen molar-refractivity contribution in [2.45, 2.75) is 26.8 Å². The second-order valence-corrected chi connectivity index (χ2v) is 4.92. The lowest BCUT2D eigenvalue weighted by atomic mass is 10.1. The number of nitrogens with one attached hydrogen (secondary N) is 1. The Balaban J connectivity index is 3.07. The van der Waals surface area contributed by atoms with Gasteiger partial charge in [-0.3, -0.25) is 4.79 Å². The SMILES string of the molecule is Cc1cccc(C(=O)O)c1NC(=O)N(CC(N)=O)C(C)C. The minimum atomic E-state index is -1.14. The molecule has 1 rings (SSSR count). The highest BCUT2D eigenvalue weighted by Crippen LogP contribution is 2.21. The molecule has 0 aliphatic rings. The zero-order valence-corrected chi connectivity index (χ0v) is 12.2. The van der Waals surface area contributed by atoms with Crippen LogP contribution in [0, 0.1) is 6.92 Å². The number of amides is 3. The van der Waals surface area contributed by atoms with Crippen LogP contribution in [0.25, 0.3) is 0 Å². The molecular weight excluding hydrogens is 274 g/mol. The predicted octanol–water partition coefficient (Wildman–Crippen LogP) is 1.42. The van der Waals surface area contributed by atoms with Gasteiger partial charge in [0.1, 0.15) is 6.54 Å². The summed E-state index contributed by atoms with van der Waals surface area (Å²) in [7, 11) is 0. The molecule has 1 aromatic rings. The van der Waals surface area contributed by atoms with Crippen LogP contribution >= 0.6 is 0 Å². The maximum Gasteiger partial charge on any atom is 0.337 e. The normalized spacial score (nSPS) is 10.3. The minimum absolute atomic E-state index is 0.00821. The Morgan fingerprint density at radius 2 is 1.95 bits per heavy atom. The first-order valence-electron chi connectivity index (χ1n) is 6.42. The molecule has 0 bridgehead atoms. The van der Waals surface area contributed by atoms with Gasteiger partial charge in [-0.1, -0.05) is 12.1 Å². The lowest BCUT2D eigenvalue weighted by Gasteiger charge is -2.26. The molecule has 0 aromatic heterocycles. The summed E-state index contributed by atoms with van der Waals surface area (Å²) in [6, 6.07) is 3.86. The number of nitrogens with zero attached hydrogens (tertiary/aromatic N) is 1. The number of nitrogens with two attached hydrogens (primary N) is 1. The van der Waals surface area contributed by atoms with Crippen molar-refractivity contribution in [2.24, 2.45) is 5.73 Å². The van der Waals surface area contributed by atoms with Crippen molar-refractivity contribution in [3.8, 4) is 0 Å². The van der Waals surface area contributed by atoms with E-state index in [1.54, 1.807) is 32.9 Å². The van der Waals surface area contributed by atoms with E-state index in [0.717, 1.165) is 0 Å². The van der Waals surface area contributed by atoms with Gasteiger partial charge in [-0.15, -0.1) is 0 Å². The number of para-hydroxylation sites is 1. The molecule has 0 atom stereocenters. The monoisotopic (exact) mass is 293 g/mol. The van der Waals surface area contributed by atoms with Gasteiger partial charge in [-0.2, -0.15) is 0 Å². The topological polar surface area (TPSA) is 113 Å². The number of urea groups is 1. The maximum atomic E-state index is 12.2. The molecule has 114 valence electrons. The zero-order chi connectivity index (χ0) is 16.2. The average molecular weight is 293 g/mol. The molecule has 4 N–H and O–H groups in total. The van der Waals surface area contributed by atoms with Gasteiger partial charge in [0.2, 0.25) is 5.91 Å². The fourth-order valence-corrected chi connectivity index (χ4v) is 1.85. The second kappa shape index (κ2) is 6.74. The van der Waals surface area contributed by atoms with Crippen molar-refractivity contribution in [3.05, 3.63) is 29.3 Å². The summed E-state index contributed by atoms with van der Waals surface area (Å²) in [5.74, 6) is -1.78. The van der Waals surface area contributed by atoms with E-state index in [4.69, 9.17) is 10.8 Å². The molecule has 21 heavy (non-hydrogen) atoms. The van der Waals surface area contributed by atoms with E-state index in [9.17, 15) is 14.4 Å². The van der Waals surface area contributed by atoms with Crippen LogP contribution in [0.1, 0.15) is 29.8 Å².